The maximum absolute atomic E-state index is 10.0. The molecule has 1 unspecified atom stereocenters. The topological polar surface area (TPSA) is 60.7 Å². The molecule has 0 bridgehead atoms. The van der Waals surface area contributed by atoms with Crippen LogP contribution in [0.25, 0.3) is 0 Å². The molecule has 0 saturated carbocycles. The molecular formula is C14H14O3. The molecule has 0 aromatic heterocycles. The van der Waals surface area contributed by atoms with Crippen molar-refractivity contribution in [2.75, 3.05) is 0 Å². The Labute approximate surface area is 99.6 Å². The van der Waals surface area contributed by atoms with Crippen LogP contribution in [0.1, 0.15) is 17.2 Å². The Hall–Kier alpha value is -1.68. The Bertz CT molecular complexity index is 465. The van der Waals surface area contributed by atoms with E-state index in [1.165, 1.54) is 0 Å². The van der Waals surface area contributed by atoms with Gasteiger partial charge in [0.25, 0.3) is 0 Å². The van der Waals surface area contributed by atoms with E-state index in [1.807, 2.05) is 0 Å². The van der Waals surface area contributed by atoms with Gasteiger partial charge in [0.1, 0.15) is 6.10 Å². The van der Waals surface area contributed by atoms with Gasteiger partial charge >= 0.3 is 0 Å². The van der Waals surface area contributed by atoms with Gasteiger partial charge in [-0.25, -0.2) is 0 Å². The number of hydrogen-bond acceptors (Lipinski definition) is 3. The van der Waals surface area contributed by atoms with E-state index in [4.69, 9.17) is 0 Å². The van der Waals surface area contributed by atoms with Crippen molar-refractivity contribution in [3.05, 3.63) is 71.8 Å². The van der Waals surface area contributed by atoms with Crippen LogP contribution in [0.4, 0.5) is 0 Å². The van der Waals surface area contributed by atoms with Crippen LogP contribution in [0.15, 0.2) is 60.7 Å². The quantitative estimate of drug-likeness (QED) is 0.701. The fourth-order valence-electron chi connectivity index (χ4n) is 1.71. The Morgan fingerprint density at radius 1 is 0.765 bits per heavy atom. The van der Waals surface area contributed by atoms with Crippen molar-refractivity contribution in [1.82, 2.24) is 0 Å². The summed E-state index contributed by atoms with van der Waals surface area (Å²) in [5.41, 5.74) is 0.720. The molecule has 0 heterocycles. The van der Waals surface area contributed by atoms with Gasteiger partial charge in [-0.2, -0.15) is 0 Å². The minimum atomic E-state index is -2.29. The molecule has 0 fully saturated rings. The summed E-state index contributed by atoms with van der Waals surface area (Å²) in [7, 11) is 0. The first-order valence-electron chi connectivity index (χ1n) is 5.35. The van der Waals surface area contributed by atoms with Crippen LogP contribution in [0.5, 0.6) is 0 Å². The van der Waals surface area contributed by atoms with Gasteiger partial charge in [-0.3, -0.25) is 0 Å². The molecule has 17 heavy (non-hydrogen) atoms. The standard InChI is InChI=1S/C14H14O3/c15-13(11-7-3-1-4-8-11)14(16,17)12-9-5-2-6-10-12/h1-10,13,15-17H. The smallest absolute Gasteiger partial charge is 0.221 e. The molecule has 2 rings (SSSR count). The van der Waals surface area contributed by atoms with Crippen molar-refractivity contribution in [3.8, 4) is 0 Å². The first-order valence-corrected chi connectivity index (χ1v) is 5.35. The molecule has 3 heteroatoms. The van der Waals surface area contributed by atoms with Gasteiger partial charge < -0.3 is 15.3 Å². The zero-order valence-electron chi connectivity index (χ0n) is 9.19. The third kappa shape index (κ3) is 2.36. The van der Waals surface area contributed by atoms with Crippen LogP contribution in [0.3, 0.4) is 0 Å². The van der Waals surface area contributed by atoms with E-state index in [9.17, 15) is 15.3 Å². The molecule has 0 aliphatic rings. The maximum Gasteiger partial charge on any atom is 0.221 e. The highest BCUT2D eigenvalue weighted by Crippen LogP contribution is 2.32. The van der Waals surface area contributed by atoms with Crippen LogP contribution in [-0.4, -0.2) is 15.3 Å². The van der Waals surface area contributed by atoms with Crippen LogP contribution in [0.2, 0.25) is 0 Å². The van der Waals surface area contributed by atoms with E-state index in [2.05, 4.69) is 0 Å². The van der Waals surface area contributed by atoms with Gasteiger partial charge in [-0.05, 0) is 5.56 Å². The van der Waals surface area contributed by atoms with Crippen LogP contribution < -0.4 is 0 Å². The molecule has 0 saturated heterocycles. The summed E-state index contributed by atoms with van der Waals surface area (Å²) in [5, 5.41) is 30.0. The fraction of sp³-hybridized carbons (Fsp3) is 0.143. The van der Waals surface area contributed by atoms with Gasteiger partial charge in [-0.1, -0.05) is 60.7 Å². The fourth-order valence-corrected chi connectivity index (χ4v) is 1.71. The third-order valence-corrected chi connectivity index (χ3v) is 2.70. The highest BCUT2D eigenvalue weighted by Gasteiger charge is 2.35. The van der Waals surface area contributed by atoms with E-state index >= 15 is 0 Å². The van der Waals surface area contributed by atoms with Crippen molar-refractivity contribution in [3.63, 3.8) is 0 Å². The Kier molecular flexibility index (Phi) is 3.24. The zero-order chi connectivity index (χ0) is 12.3. The van der Waals surface area contributed by atoms with E-state index in [-0.39, 0.29) is 5.56 Å². The van der Waals surface area contributed by atoms with E-state index in [0.717, 1.165) is 0 Å². The summed E-state index contributed by atoms with van der Waals surface area (Å²) in [6.45, 7) is 0. The van der Waals surface area contributed by atoms with E-state index in [1.54, 1.807) is 60.7 Å². The highest BCUT2D eigenvalue weighted by molar-refractivity contribution is 5.26. The lowest BCUT2D eigenvalue weighted by Gasteiger charge is -2.28. The summed E-state index contributed by atoms with van der Waals surface area (Å²) in [6, 6.07) is 16.8. The Morgan fingerprint density at radius 2 is 1.24 bits per heavy atom. The van der Waals surface area contributed by atoms with Gasteiger partial charge in [0.15, 0.2) is 0 Å². The van der Waals surface area contributed by atoms with Crippen molar-refractivity contribution >= 4 is 0 Å². The molecule has 0 amide bonds. The average Bonchev–Trinajstić information content (AvgIpc) is 2.40. The van der Waals surface area contributed by atoms with Crippen molar-refractivity contribution in [2.45, 2.75) is 11.9 Å². The lowest BCUT2D eigenvalue weighted by Crippen LogP contribution is -2.33. The summed E-state index contributed by atoms with van der Waals surface area (Å²) in [5.74, 6) is -2.29. The second-order valence-corrected chi connectivity index (χ2v) is 3.91. The highest BCUT2D eigenvalue weighted by atomic mass is 16.5. The van der Waals surface area contributed by atoms with Gasteiger partial charge in [0, 0.05) is 5.56 Å². The third-order valence-electron chi connectivity index (χ3n) is 2.70. The lowest BCUT2D eigenvalue weighted by atomic mass is 9.95. The number of rotatable bonds is 3. The molecule has 1 atom stereocenters. The van der Waals surface area contributed by atoms with Crippen molar-refractivity contribution in [2.24, 2.45) is 0 Å². The van der Waals surface area contributed by atoms with Crippen LogP contribution in [0, 0.1) is 0 Å². The minimum absolute atomic E-state index is 0.261. The minimum Gasteiger partial charge on any atom is -0.382 e. The number of benzene rings is 2. The Balaban J connectivity index is 2.33. The first kappa shape index (κ1) is 11.8. The number of aliphatic hydroxyl groups excluding tert-OH is 1. The SMILES string of the molecule is OC(c1ccccc1)C(O)(O)c1ccccc1. The predicted octanol–water partition coefficient (Wildman–Crippen LogP) is 1.56. The monoisotopic (exact) mass is 230 g/mol. The number of aliphatic hydroxyl groups is 3. The van der Waals surface area contributed by atoms with E-state index < -0.39 is 11.9 Å². The average molecular weight is 230 g/mol. The molecule has 3 nitrogen and oxygen atoms in total. The number of hydrogen-bond donors (Lipinski definition) is 3. The summed E-state index contributed by atoms with van der Waals surface area (Å²) in [6.07, 6.45) is -1.38. The van der Waals surface area contributed by atoms with Gasteiger partial charge in [-0.15, -0.1) is 0 Å². The normalized spacial score (nSPS) is 13.4. The molecule has 3 N–H and O–H groups in total. The molecular weight excluding hydrogens is 216 g/mol. The van der Waals surface area contributed by atoms with Gasteiger partial charge in [0.2, 0.25) is 5.79 Å². The summed E-state index contributed by atoms with van der Waals surface area (Å²) < 4.78 is 0. The van der Waals surface area contributed by atoms with Gasteiger partial charge in [0.05, 0.1) is 0 Å². The molecule has 88 valence electrons. The van der Waals surface area contributed by atoms with Crippen molar-refractivity contribution in [1.29, 1.82) is 0 Å². The zero-order valence-corrected chi connectivity index (χ0v) is 9.19. The molecule has 2 aromatic rings. The van der Waals surface area contributed by atoms with E-state index in [0.29, 0.717) is 5.56 Å². The predicted molar refractivity (Wildman–Crippen MR) is 64.0 cm³/mol. The molecule has 2 aromatic carbocycles. The Morgan fingerprint density at radius 3 is 1.76 bits per heavy atom. The largest absolute Gasteiger partial charge is 0.382 e. The molecule has 0 spiro atoms. The maximum atomic E-state index is 10.0. The second kappa shape index (κ2) is 4.67. The molecule has 0 radical (unpaired) electrons. The summed E-state index contributed by atoms with van der Waals surface area (Å²) in [4.78, 5) is 0. The summed E-state index contributed by atoms with van der Waals surface area (Å²) >= 11 is 0. The van der Waals surface area contributed by atoms with Crippen molar-refractivity contribution < 1.29 is 15.3 Å². The van der Waals surface area contributed by atoms with Crippen LogP contribution >= 0.6 is 0 Å². The first-order chi connectivity index (χ1) is 8.12. The second-order valence-electron chi connectivity index (χ2n) is 3.91. The lowest BCUT2D eigenvalue weighted by molar-refractivity contribution is -0.237. The molecule has 0 aliphatic carbocycles. The molecule has 0 aliphatic heterocycles. The van der Waals surface area contributed by atoms with Crippen LogP contribution in [-0.2, 0) is 5.79 Å².